The predicted octanol–water partition coefficient (Wildman–Crippen LogP) is 6.81. The number of benzene rings is 2. The van der Waals surface area contributed by atoms with Crippen LogP contribution >= 0.6 is 0 Å². The maximum atomic E-state index is 6.30. The maximum Gasteiger partial charge on any atom is 0.135 e. The largest absolute Gasteiger partial charge is 0.461 e. The summed E-state index contributed by atoms with van der Waals surface area (Å²) in [6, 6.07) is 13.1. The lowest BCUT2D eigenvalue weighted by atomic mass is 9.95. The van der Waals surface area contributed by atoms with E-state index in [0.29, 0.717) is 0 Å². The number of fused-ring (bicyclic) bond motifs is 5. The van der Waals surface area contributed by atoms with Crippen molar-refractivity contribution in [2.45, 2.75) is 64.2 Å². The second kappa shape index (κ2) is 6.78. The predicted molar refractivity (Wildman–Crippen MR) is 98.1 cm³/mol. The van der Waals surface area contributed by atoms with Crippen LogP contribution in [-0.2, 0) is 12.8 Å². The second-order valence-corrected chi connectivity index (χ2v) is 6.99. The van der Waals surface area contributed by atoms with Crippen molar-refractivity contribution in [3.8, 4) is 0 Å². The molecule has 2 aromatic carbocycles. The summed E-state index contributed by atoms with van der Waals surface area (Å²) in [6.45, 7) is 0. The number of furan rings is 1. The van der Waals surface area contributed by atoms with Crippen molar-refractivity contribution in [2.75, 3.05) is 0 Å². The van der Waals surface area contributed by atoms with Gasteiger partial charge in [0.25, 0.3) is 0 Å². The molecule has 0 saturated carbocycles. The van der Waals surface area contributed by atoms with Crippen LogP contribution in [0.25, 0.3) is 21.7 Å². The standard InChI is InChI=1S/C22H26O/c1-2-4-6-8-14-20-19(13-7-5-3-1)22-18-12-10-9-11-17(18)15-16-21(22)23-20/h9-12,15-16H,1-8,13-14H2. The molecule has 0 fully saturated rings. The highest BCUT2D eigenvalue weighted by atomic mass is 16.3. The van der Waals surface area contributed by atoms with E-state index in [9.17, 15) is 0 Å². The van der Waals surface area contributed by atoms with E-state index in [-0.39, 0.29) is 0 Å². The molecule has 0 N–H and O–H groups in total. The molecule has 1 aliphatic rings. The summed E-state index contributed by atoms with van der Waals surface area (Å²) in [5.41, 5.74) is 2.58. The van der Waals surface area contributed by atoms with Gasteiger partial charge in [0.1, 0.15) is 11.3 Å². The smallest absolute Gasteiger partial charge is 0.135 e. The zero-order valence-corrected chi connectivity index (χ0v) is 13.9. The Labute approximate surface area is 138 Å². The molecule has 23 heavy (non-hydrogen) atoms. The molecule has 0 atom stereocenters. The second-order valence-electron chi connectivity index (χ2n) is 6.99. The van der Waals surface area contributed by atoms with Crippen LogP contribution in [0.5, 0.6) is 0 Å². The normalized spacial score (nSPS) is 17.6. The van der Waals surface area contributed by atoms with E-state index in [1.165, 1.54) is 85.3 Å². The lowest BCUT2D eigenvalue weighted by Crippen LogP contribution is -1.94. The molecule has 4 rings (SSSR count). The first-order valence-corrected chi connectivity index (χ1v) is 9.35. The average Bonchev–Trinajstić information content (AvgIpc) is 2.93. The third-order valence-electron chi connectivity index (χ3n) is 5.34. The minimum Gasteiger partial charge on any atom is -0.461 e. The quantitative estimate of drug-likeness (QED) is 0.445. The molecule has 0 bridgehead atoms. The van der Waals surface area contributed by atoms with E-state index >= 15 is 0 Å². The van der Waals surface area contributed by atoms with Gasteiger partial charge in [0.05, 0.1) is 0 Å². The van der Waals surface area contributed by atoms with E-state index in [2.05, 4.69) is 36.4 Å². The van der Waals surface area contributed by atoms with Gasteiger partial charge in [-0.25, -0.2) is 0 Å². The van der Waals surface area contributed by atoms with Crippen LogP contribution in [-0.4, -0.2) is 0 Å². The summed E-state index contributed by atoms with van der Waals surface area (Å²) in [6.07, 6.45) is 13.2. The molecule has 0 radical (unpaired) electrons. The van der Waals surface area contributed by atoms with Gasteiger partial charge in [-0.2, -0.15) is 0 Å². The Morgan fingerprint density at radius 2 is 1.35 bits per heavy atom. The first-order valence-electron chi connectivity index (χ1n) is 9.35. The molecule has 1 aliphatic carbocycles. The van der Waals surface area contributed by atoms with Gasteiger partial charge in [-0.15, -0.1) is 0 Å². The number of hydrogen-bond donors (Lipinski definition) is 0. The van der Waals surface area contributed by atoms with E-state index in [1.807, 2.05) is 0 Å². The molecule has 1 aromatic heterocycles. The van der Waals surface area contributed by atoms with Crippen molar-refractivity contribution in [3.63, 3.8) is 0 Å². The van der Waals surface area contributed by atoms with Crippen molar-refractivity contribution in [2.24, 2.45) is 0 Å². The van der Waals surface area contributed by atoms with Gasteiger partial charge in [-0.1, -0.05) is 68.9 Å². The monoisotopic (exact) mass is 306 g/mol. The fraction of sp³-hybridized carbons (Fsp3) is 0.455. The lowest BCUT2D eigenvalue weighted by molar-refractivity contribution is 0.502. The number of aryl methyl sites for hydroxylation is 2. The van der Waals surface area contributed by atoms with Crippen molar-refractivity contribution < 1.29 is 4.42 Å². The van der Waals surface area contributed by atoms with Crippen LogP contribution in [0.15, 0.2) is 40.8 Å². The Bertz CT molecular complexity index is 796. The van der Waals surface area contributed by atoms with E-state index < -0.39 is 0 Å². The number of rotatable bonds is 0. The van der Waals surface area contributed by atoms with E-state index in [1.54, 1.807) is 0 Å². The summed E-state index contributed by atoms with van der Waals surface area (Å²) in [5.74, 6) is 1.26. The van der Waals surface area contributed by atoms with Crippen molar-refractivity contribution in [1.82, 2.24) is 0 Å². The van der Waals surface area contributed by atoms with Crippen molar-refractivity contribution in [1.29, 1.82) is 0 Å². The fourth-order valence-electron chi connectivity index (χ4n) is 4.10. The SMILES string of the molecule is c1ccc2c(c1)ccc1oc3c(c12)CCCCCCCCCC3. The first kappa shape index (κ1) is 14.8. The van der Waals surface area contributed by atoms with Crippen LogP contribution in [0.4, 0.5) is 0 Å². The Hall–Kier alpha value is -1.76. The third kappa shape index (κ3) is 3.02. The van der Waals surface area contributed by atoms with Crippen molar-refractivity contribution >= 4 is 21.7 Å². The summed E-state index contributed by atoms with van der Waals surface area (Å²) in [5, 5.41) is 4.08. The van der Waals surface area contributed by atoms with Crippen LogP contribution in [0.2, 0.25) is 0 Å². The van der Waals surface area contributed by atoms with Gasteiger partial charge >= 0.3 is 0 Å². The molecule has 1 heteroatoms. The Morgan fingerprint density at radius 3 is 2.17 bits per heavy atom. The molecule has 3 aromatic rings. The van der Waals surface area contributed by atoms with Gasteiger partial charge in [-0.3, -0.25) is 0 Å². The van der Waals surface area contributed by atoms with Gasteiger partial charge in [0.2, 0.25) is 0 Å². The highest BCUT2D eigenvalue weighted by Gasteiger charge is 2.16. The van der Waals surface area contributed by atoms with Gasteiger partial charge in [0.15, 0.2) is 0 Å². The Kier molecular flexibility index (Phi) is 4.37. The summed E-state index contributed by atoms with van der Waals surface area (Å²) >= 11 is 0. The van der Waals surface area contributed by atoms with E-state index in [4.69, 9.17) is 4.42 Å². The fourth-order valence-corrected chi connectivity index (χ4v) is 4.10. The third-order valence-corrected chi connectivity index (χ3v) is 5.34. The molecule has 1 nitrogen and oxygen atoms in total. The molecular formula is C22H26O. The molecule has 0 amide bonds. The van der Waals surface area contributed by atoms with Crippen LogP contribution in [0, 0.1) is 0 Å². The summed E-state index contributed by atoms with van der Waals surface area (Å²) in [7, 11) is 0. The lowest BCUT2D eigenvalue weighted by Gasteiger charge is -2.08. The summed E-state index contributed by atoms with van der Waals surface area (Å²) in [4.78, 5) is 0. The molecule has 1 heterocycles. The zero-order chi connectivity index (χ0) is 15.5. The van der Waals surface area contributed by atoms with Crippen molar-refractivity contribution in [3.05, 3.63) is 47.7 Å². The van der Waals surface area contributed by atoms with Gasteiger partial charge in [0, 0.05) is 17.4 Å². The highest BCUT2D eigenvalue weighted by Crippen LogP contribution is 2.35. The minimum absolute atomic E-state index is 1.09. The van der Waals surface area contributed by atoms with Crippen LogP contribution in [0.1, 0.15) is 62.7 Å². The molecule has 0 unspecified atom stereocenters. The average molecular weight is 306 g/mol. The van der Waals surface area contributed by atoms with Gasteiger partial charge in [-0.05, 0) is 36.1 Å². The minimum atomic E-state index is 1.09. The molecule has 0 spiro atoms. The zero-order valence-electron chi connectivity index (χ0n) is 13.9. The molecule has 0 aliphatic heterocycles. The van der Waals surface area contributed by atoms with Crippen LogP contribution < -0.4 is 0 Å². The Morgan fingerprint density at radius 1 is 0.652 bits per heavy atom. The first-order chi connectivity index (χ1) is 11.4. The molecular weight excluding hydrogens is 280 g/mol. The van der Waals surface area contributed by atoms with E-state index in [0.717, 1.165) is 12.0 Å². The van der Waals surface area contributed by atoms with Gasteiger partial charge < -0.3 is 4.42 Å². The maximum absolute atomic E-state index is 6.30. The van der Waals surface area contributed by atoms with Crippen LogP contribution in [0.3, 0.4) is 0 Å². The highest BCUT2D eigenvalue weighted by molar-refractivity contribution is 6.07. The molecule has 0 saturated heterocycles. The Balaban J connectivity index is 1.81. The molecule has 120 valence electrons. The number of hydrogen-bond acceptors (Lipinski definition) is 1. The topological polar surface area (TPSA) is 13.1 Å². The summed E-state index contributed by atoms with van der Waals surface area (Å²) < 4.78 is 6.30.